The van der Waals surface area contributed by atoms with E-state index in [2.05, 4.69) is 19.8 Å². The van der Waals surface area contributed by atoms with Crippen LogP contribution in [-0.2, 0) is 42.4 Å². The molecule has 242 valence electrons. The average molecular weight is 668 g/mol. The number of nitrogens with one attached hydrogen (secondary N) is 1. The maximum absolute atomic E-state index is 13.3. The number of anilines is 2. The summed E-state index contributed by atoms with van der Waals surface area (Å²) in [4.78, 5) is 27.5. The lowest BCUT2D eigenvalue weighted by Crippen LogP contribution is -2.47. The third kappa shape index (κ3) is 7.66. The van der Waals surface area contributed by atoms with Crippen LogP contribution in [0.2, 0.25) is 0 Å². The van der Waals surface area contributed by atoms with Gasteiger partial charge in [0.05, 0.1) is 37.8 Å². The highest BCUT2D eigenvalue weighted by molar-refractivity contribution is 8.13. The summed E-state index contributed by atoms with van der Waals surface area (Å²) in [6.07, 6.45) is 0.0368. The van der Waals surface area contributed by atoms with Crippen LogP contribution in [0.1, 0.15) is 40.3 Å². The molecule has 0 aliphatic carbocycles. The summed E-state index contributed by atoms with van der Waals surface area (Å²) in [5.41, 5.74) is 3.72. The van der Waals surface area contributed by atoms with E-state index in [1.807, 2.05) is 6.92 Å². The molecular weight excluding hydrogens is 629 g/mol. The normalized spacial score (nSPS) is 27.8. The van der Waals surface area contributed by atoms with Gasteiger partial charge in [0.15, 0.2) is 28.3 Å². The minimum absolute atomic E-state index is 0.0624. The summed E-state index contributed by atoms with van der Waals surface area (Å²) in [7, 11) is -6.35. The number of phosphoric ester groups is 1. The number of hydrazine groups is 1. The van der Waals surface area contributed by atoms with Crippen molar-refractivity contribution in [3.05, 3.63) is 6.33 Å². The number of rotatable bonds is 13. The van der Waals surface area contributed by atoms with E-state index in [1.54, 1.807) is 13.8 Å². The molecule has 0 bridgehead atoms. The van der Waals surface area contributed by atoms with Crippen LogP contribution in [0.4, 0.5) is 11.8 Å². The second-order valence-corrected chi connectivity index (χ2v) is 15.5. The molecule has 2 aliphatic rings. The molecule has 4 N–H and O–H groups in total. The van der Waals surface area contributed by atoms with Crippen molar-refractivity contribution in [2.45, 2.75) is 58.2 Å². The zero-order valence-corrected chi connectivity index (χ0v) is 27.3. The van der Waals surface area contributed by atoms with E-state index in [1.165, 1.54) is 24.9 Å². The van der Waals surface area contributed by atoms with Gasteiger partial charge >= 0.3 is 7.82 Å². The lowest BCUT2D eigenvalue weighted by Gasteiger charge is -2.35. The number of imidazole rings is 1. The number of thioether (sulfide) groups is 1. The van der Waals surface area contributed by atoms with Crippen LogP contribution in [0.15, 0.2) is 6.33 Å². The molecule has 2 aromatic rings. The standard InChI is InChI=1S/C23H38N7O10PS2/c1-7-8-36-12-22(2,3)20(31)42-10-9-37-41(33)38-11-14-16(40-41)23(4,32)19(39-14)30-13-25-15-17(26-21(24)27-18(15)30)29(5)28-43(6,34)35/h13-14,16,19,28,32H,7-12H2,1-6H3,(H2,24,26,27)/t14?,16-,19?,23-,41?/m1/s1. The highest BCUT2D eigenvalue weighted by Gasteiger charge is 2.60. The van der Waals surface area contributed by atoms with E-state index >= 15 is 0 Å². The molecule has 4 rings (SSSR count). The van der Waals surface area contributed by atoms with Gasteiger partial charge in [0, 0.05) is 19.4 Å². The molecule has 2 fully saturated rings. The van der Waals surface area contributed by atoms with E-state index in [9.17, 15) is 22.9 Å². The van der Waals surface area contributed by atoms with Crippen LogP contribution in [0.25, 0.3) is 11.2 Å². The largest absolute Gasteiger partial charge is 0.475 e. The van der Waals surface area contributed by atoms with Crippen LogP contribution in [-0.4, -0.2) is 101 Å². The maximum atomic E-state index is 13.3. The van der Waals surface area contributed by atoms with Gasteiger partial charge in [-0.3, -0.25) is 27.9 Å². The second-order valence-electron chi connectivity index (χ2n) is 11.1. The van der Waals surface area contributed by atoms with Crippen molar-refractivity contribution in [2.24, 2.45) is 5.41 Å². The molecule has 4 heterocycles. The number of phosphoric acid groups is 1. The Bertz CT molecular complexity index is 1490. The van der Waals surface area contributed by atoms with E-state index in [4.69, 9.17) is 28.8 Å². The fourth-order valence-corrected chi connectivity index (χ4v) is 7.54. The molecule has 2 saturated heterocycles. The van der Waals surface area contributed by atoms with Crippen molar-refractivity contribution in [3.8, 4) is 0 Å². The Morgan fingerprint density at radius 1 is 1.40 bits per heavy atom. The van der Waals surface area contributed by atoms with Gasteiger partial charge in [0.25, 0.3) is 0 Å². The predicted molar refractivity (Wildman–Crippen MR) is 157 cm³/mol. The van der Waals surface area contributed by atoms with E-state index in [-0.39, 0.29) is 53.6 Å². The molecular formula is C23H38N7O10PS2. The van der Waals surface area contributed by atoms with Crippen molar-refractivity contribution >= 4 is 57.7 Å². The number of nitrogens with two attached hydrogens (primary N) is 1. The number of carbonyl (C=O) groups is 1. The Morgan fingerprint density at radius 3 is 2.79 bits per heavy atom. The van der Waals surface area contributed by atoms with E-state index < -0.39 is 47.3 Å². The van der Waals surface area contributed by atoms with Crippen molar-refractivity contribution in [1.29, 1.82) is 0 Å². The molecule has 2 aliphatic heterocycles. The maximum Gasteiger partial charge on any atom is 0.475 e. The summed E-state index contributed by atoms with van der Waals surface area (Å²) < 4.78 is 66.3. The van der Waals surface area contributed by atoms with Crippen molar-refractivity contribution in [3.63, 3.8) is 0 Å². The third-order valence-electron chi connectivity index (χ3n) is 6.58. The highest BCUT2D eigenvalue weighted by atomic mass is 32.2. The van der Waals surface area contributed by atoms with Crippen molar-refractivity contribution in [1.82, 2.24) is 24.4 Å². The number of hydrogen-bond acceptors (Lipinski definition) is 16. The van der Waals surface area contributed by atoms with Gasteiger partial charge in [0.2, 0.25) is 16.0 Å². The van der Waals surface area contributed by atoms with Crippen LogP contribution < -0.4 is 15.6 Å². The highest BCUT2D eigenvalue weighted by Crippen LogP contribution is 2.59. The summed E-state index contributed by atoms with van der Waals surface area (Å²) in [6, 6.07) is 0. The molecule has 20 heteroatoms. The van der Waals surface area contributed by atoms with Gasteiger partial charge in [-0.1, -0.05) is 18.7 Å². The predicted octanol–water partition coefficient (Wildman–Crippen LogP) is 1.21. The average Bonchev–Trinajstić information content (AvgIpc) is 3.42. The zero-order valence-electron chi connectivity index (χ0n) is 24.8. The molecule has 2 aromatic heterocycles. The third-order valence-corrected chi connectivity index (χ3v) is 9.82. The lowest BCUT2D eigenvalue weighted by atomic mass is 9.96. The number of aromatic nitrogens is 4. The number of hydrogen-bond donors (Lipinski definition) is 3. The Hall–Kier alpha value is -1.93. The minimum atomic E-state index is -4.12. The molecule has 0 aromatic carbocycles. The Balaban J connectivity index is 1.44. The first kappa shape index (κ1) is 34.0. The summed E-state index contributed by atoms with van der Waals surface area (Å²) in [5, 5.41) is 12.6. The van der Waals surface area contributed by atoms with Crippen LogP contribution in [0, 0.1) is 5.41 Å². The second kappa shape index (κ2) is 12.8. The quantitative estimate of drug-likeness (QED) is 0.155. The first-order chi connectivity index (χ1) is 20.0. The number of fused-ring (bicyclic) bond motifs is 2. The fourth-order valence-electron chi connectivity index (χ4n) is 4.57. The minimum Gasteiger partial charge on any atom is -0.383 e. The lowest BCUT2D eigenvalue weighted by molar-refractivity contribution is -0.121. The molecule has 0 amide bonds. The number of carbonyl (C=O) groups excluding carboxylic acids is 1. The SMILES string of the molecule is CCCOCC(C)(C)C(=O)SCCOP1(=O)OCC2OC(n3cnc4c(N(C)NS(C)(=O)=O)nc(N)nc43)[C@](C)(O)[C@@H]2O1. The monoisotopic (exact) mass is 667 g/mol. The van der Waals surface area contributed by atoms with Gasteiger partial charge in [-0.25, -0.2) is 18.0 Å². The number of aliphatic hydroxyl groups is 1. The zero-order chi connectivity index (χ0) is 31.8. The van der Waals surface area contributed by atoms with E-state index in [0.29, 0.717) is 6.61 Å². The van der Waals surface area contributed by atoms with Gasteiger partial charge in [-0.2, -0.15) is 9.97 Å². The van der Waals surface area contributed by atoms with Crippen LogP contribution in [0.3, 0.4) is 0 Å². The van der Waals surface area contributed by atoms with Gasteiger partial charge in [0.1, 0.15) is 17.8 Å². The summed E-state index contributed by atoms with van der Waals surface area (Å²) in [5.74, 6) is 0.0725. The first-order valence-electron chi connectivity index (χ1n) is 13.4. The van der Waals surface area contributed by atoms with Gasteiger partial charge < -0.3 is 20.3 Å². The molecule has 17 nitrogen and oxygen atoms in total. The Morgan fingerprint density at radius 2 is 2.12 bits per heavy atom. The smallest absolute Gasteiger partial charge is 0.383 e. The molecule has 3 unspecified atom stereocenters. The van der Waals surface area contributed by atoms with Gasteiger partial charge in [-0.05, 0) is 27.2 Å². The number of nitrogen functional groups attached to an aromatic ring is 1. The topological polar surface area (TPSA) is 220 Å². The fraction of sp³-hybridized carbons (Fsp3) is 0.739. The summed E-state index contributed by atoms with van der Waals surface area (Å²) in [6.45, 7) is 7.55. The Labute approximate surface area is 253 Å². The van der Waals surface area contributed by atoms with Crippen LogP contribution >= 0.6 is 19.6 Å². The van der Waals surface area contributed by atoms with E-state index in [0.717, 1.165) is 29.4 Å². The molecule has 43 heavy (non-hydrogen) atoms. The molecule has 0 saturated carbocycles. The number of nitrogens with zero attached hydrogens (tertiary/aromatic N) is 5. The molecule has 5 atom stereocenters. The molecule has 0 radical (unpaired) electrons. The number of sulfonamides is 1. The van der Waals surface area contributed by atoms with Crippen molar-refractivity contribution < 1.29 is 45.9 Å². The van der Waals surface area contributed by atoms with Gasteiger partial charge in [-0.15, -0.1) is 4.83 Å². The Kier molecular flexibility index (Phi) is 10.1. The first-order valence-corrected chi connectivity index (χ1v) is 17.7. The number of ether oxygens (including phenoxy) is 2. The van der Waals surface area contributed by atoms with Crippen LogP contribution in [0.5, 0.6) is 0 Å². The summed E-state index contributed by atoms with van der Waals surface area (Å²) >= 11 is 1.03. The molecule has 0 spiro atoms. The van der Waals surface area contributed by atoms with Crippen molar-refractivity contribution in [2.75, 3.05) is 56.2 Å².